The van der Waals surface area contributed by atoms with Crippen LogP contribution in [0.2, 0.25) is 0 Å². The first-order chi connectivity index (χ1) is 5.84. The van der Waals surface area contributed by atoms with E-state index < -0.39 is 0 Å². The molecule has 0 unspecified atom stereocenters. The summed E-state index contributed by atoms with van der Waals surface area (Å²) in [7, 11) is 0. The van der Waals surface area contributed by atoms with Crippen molar-refractivity contribution in [2.75, 3.05) is 19.6 Å². The number of nitrogens with two attached hydrogens (primary N) is 1. The summed E-state index contributed by atoms with van der Waals surface area (Å²) in [5.41, 5.74) is 6.30. The van der Waals surface area contributed by atoms with Gasteiger partial charge in [0, 0.05) is 26.1 Å². The molecule has 0 spiro atoms. The van der Waals surface area contributed by atoms with Crippen molar-refractivity contribution in [3.8, 4) is 0 Å². The quantitative estimate of drug-likeness (QED) is 0.612. The molecule has 0 aliphatic heterocycles. The van der Waals surface area contributed by atoms with Crippen molar-refractivity contribution in [2.45, 2.75) is 13.3 Å². The Kier molecular flexibility index (Phi) is 3.76. The van der Waals surface area contributed by atoms with Crippen LogP contribution in [0.3, 0.4) is 0 Å². The molecule has 0 radical (unpaired) electrons. The molecule has 0 fully saturated rings. The highest BCUT2D eigenvalue weighted by molar-refractivity contribution is 5.04. The second-order valence-corrected chi connectivity index (χ2v) is 2.65. The molecule has 68 valence electrons. The van der Waals surface area contributed by atoms with E-state index in [9.17, 15) is 0 Å². The van der Waals surface area contributed by atoms with Crippen LogP contribution in [0.15, 0.2) is 10.8 Å². The van der Waals surface area contributed by atoms with E-state index in [4.69, 9.17) is 10.2 Å². The molecule has 0 saturated heterocycles. The molecule has 1 rings (SSSR count). The maximum atomic E-state index is 5.32. The Morgan fingerprint density at radius 2 is 2.42 bits per heavy atom. The van der Waals surface area contributed by atoms with Crippen LogP contribution >= 0.6 is 0 Å². The van der Waals surface area contributed by atoms with Gasteiger partial charge in [-0.2, -0.15) is 0 Å². The minimum absolute atomic E-state index is 0.676. The minimum atomic E-state index is 0.676. The first-order valence-corrected chi connectivity index (χ1v) is 4.14. The zero-order valence-corrected chi connectivity index (χ0v) is 7.34. The largest absolute Gasteiger partial charge is 0.448 e. The van der Waals surface area contributed by atoms with Gasteiger partial charge >= 0.3 is 0 Å². The van der Waals surface area contributed by atoms with Crippen molar-refractivity contribution < 1.29 is 4.42 Å². The highest BCUT2D eigenvalue weighted by atomic mass is 16.3. The molecular weight excluding hydrogens is 154 g/mol. The summed E-state index contributed by atoms with van der Waals surface area (Å²) in [6.45, 7) is 4.37. The van der Waals surface area contributed by atoms with Crippen LogP contribution in [0.5, 0.6) is 0 Å². The van der Waals surface area contributed by atoms with Gasteiger partial charge in [0.1, 0.15) is 5.76 Å². The van der Waals surface area contributed by atoms with Gasteiger partial charge in [-0.1, -0.05) is 0 Å². The summed E-state index contributed by atoms with van der Waals surface area (Å²) in [4.78, 5) is 4.00. The van der Waals surface area contributed by atoms with E-state index in [1.54, 1.807) is 0 Å². The van der Waals surface area contributed by atoms with E-state index >= 15 is 0 Å². The Balaban J connectivity index is 2.20. The fourth-order valence-electron chi connectivity index (χ4n) is 0.995. The third kappa shape index (κ3) is 2.64. The third-order valence-corrected chi connectivity index (χ3v) is 1.69. The van der Waals surface area contributed by atoms with Crippen LogP contribution < -0.4 is 11.1 Å². The molecule has 1 aromatic heterocycles. The Bertz CT molecular complexity index is 222. The lowest BCUT2D eigenvalue weighted by Gasteiger charge is -2.00. The van der Waals surface area contributed by atoms with Gasteiger partial charge < -0.3 is 15.5 Å². The average molecular weight is 169 g/mol. The zero-order valence-electron chi connectivity index (χ0n) is 7.34. The van der Waals surface area contributed by atoms with Crippen molar-refractivity contribution in [1.29, 1.82) is 0 Å². The maximum Gasteiger partial charge on any atom is 0.181 e. The summed E-state index contributed by atoms with van der Waals surface area (Å²) >= 11 is 0. The van der Waals surface area contributed by atoms with Gasteiger partial charge in [0.05, 0.1) is 5.69 Å². The summed E-state index contributed by atoms with van der Waals surface area (Å²) < 4.78 is 5.16. The standard InChI is InChI=1S/C8H15N3O/c1-7-8(12-6-11-7)2-4-10-5-3-9/h6,10H,2-5,9H2,1H3. The Labute approximate surface area is 72.2 Å². The monoisotopic (exact) mass is 169 g/mol. The van der Waals surface area contributed by atoms with Crippen LogP contribution in [0.1, 0.15) is 11.5 Å². The molecule has 1 aromatic rings. The number of nitrogens with zero attached hydrogens (tertiary/aromatic N) is 1. The van der Waals surface area contributed by atoms with Crippen LogP contribution in [-0.2, 0) is 6.42 Å². The minimum Gasteiger partial charge on any atom is -0.448 e. The van der Waals surface area contributed by atoms with Crippen LogP contribution in [0.25, 0.3) is 0 Å². The fraction of sp³-hybridized carbons (Fsp3) is 0.625. The molecular formula is C8H15N3O. The van der Waals surface area contributed by atoms with E-state index in [0.29, 0.717) is 6.54 Å². The number of nitrogens with one attached hydrogen (secondary N) is 1. The molecule has 3 N–H and O–H groups in total. The first-order valence-electron chi connectivity index (χ1n) is 4.14. The fourth-order valence-corrected chi connectivity index (χ4v) is 0.995. The maximum absolute atomic E-state index is 5.32. The van der Waals surface area contributed by atoms with E-state index in [-0.39, 0.29) is 0 Å². The molecule has 0 aromatic carbocycles. The SMILES string of the molecule is Cc1ncoc1CCNCCN. The molecule has 4 nitrogen and oxygen atoms in total. The normalized spacial score (nSPS) is 10.5. The number of aromatic nitrogens is 1. The number of aryl methyl sites for hydroxylation is 1. The average Bonchev–Trinajstić information content (AvgIpc) is 2.46. The van der Waals surface area contributed by atoms with Crippen molar-refractivity contribution >= 4 is 0 Å². The topological polar surface area (TPSA) is 64.1 Å². The third-order valence-electron chi connectivity index (χ3n) is 1.69. The molecule has 0 aliphatic carbocycles. The Morgan fingerprint density at radius 1 is 1.58 bits per heavy atom. The van der Waals surface area contributed by atoms with Crippen molar-refractivity contribution in [3.05, 3.63) is 17.8 Å². The Morgan fingerprint density at radius 3 is 3.00 bits per heavy atom. The second-order valence-electron chi connectivity index (χ2n) is 2.65. The smallest absolute Gasteiger partial charge is 0.181 e. The molecule has 0 saturated carbocycles. The molecule has 0 bridgehead atoms. The van der Waals surface area contributed by atoms with Gasteiger partial charge in [-0.15, -0.1) is 0 Å². The number of hydrogen-bond donors (Lipinski definition) is 2. The number of hydrogen-bond acceptors (Lipinski definition) is 4. The van der Waals surface area contributed by atoms with Crippen LogP contribution in [0.4, 0.5) is 0 Å². The van der Waals surface area contributed by atoms with Crippen LogP contribution in [-0.4, -0.2) is 24.6 Å². The number of rotatable bonds is 5. The molecule has 0 amide bonds. The van der Waals surface area contributed by atoms with Crippen molar-refractivity contribution in [1.82, 2.24) is 10.3 Å². The van der Waals surface area contributed by atoms with E-state index in [0.717, 1.165) is 31.0 Å². The summed E-state index contributed by atoms with van der Waals surface area (Å²) in [5.74, 6) is 0.958. The van der Waals surface area contributed by atoms with Gasteiger partial charge in [-0.05, 0) is 6.92 Å². The van der Waals surface area contributed by atoms with Crippen molar-refractivity contribution in [3.63, 3.8) is 0 Å². The lowest BCUT2D eigenvalue weighted by molar-refractivity contribution is 0.493. The molecule has 0 atom stereocenters. The summed E-state index contributed by atoms with van der Waals surface area (Å²) in [6.07, 6.45) is 2.36. The van der Waals surface area contributed by atoms with Gasteiger partial charge in [-0.25, -0.2) is 4.98 Å². The predicted molar refractivity (Wildman–Crippen MR) is 46.9 cm³/mol. The van der Waals surface area contributed by atoms with Gasteiger partial charge in [0.25, 0.3) is 0 Å². The van der Waals surface area contributed by atoms with Gasteiger partial charge in [-0.3, -0.25) is 0 Å². The lowest BCUT2D eigenvalue weighted by atomic mass is 10.3. The lowest BCUT2D eigenvalue weighted by Crippen LogP contribution is -2.24. The van der Waals surface area contributed by atoms with E-state index in [1.165, 1.54) is 6.39 Å². The zero-order chi connectivity index (χ0) is 8.81. The molecule has 0 aliphatic rings. The summed E-state index contributed by atoms with van der Waals surface area (Å²) in [6, 6.07) is 0. The number of oxazole rings is 1. The van der Waals surface area contributed by atoms with Crippen LogP contribution in [0, 0.1) is 6.92 Å². The Hall–Kier alpha value is -0.870. The van der Waals surface area contributed by atoms with E-state index in [2.05, 4.69) is 10.3 Å². The second kappa shape index (κ2) is 4.90. The van der Waals surface area contributed by atoms with E-state index in [1.807, 2.05) is 6.92 Å². The summed E-state index contributed by atoms with van der Waals surface area (Å²) in [5, 5.41) is 3.19. The molecule has 12 heavy (non-hydrogen) atoms. The highest BCUT2D eigenvalue weighted by Crippen LogP contribution is 2.04. The first kappa shape index (κ1) is 9.22. The van der Waals surface area contributed by atoms with Gasteiger partial charge in [0.15, 0.2) is 6.39 Å². The highest BCUT2D eigenvalue weighted by Gasteiger charge is 2.01. The predicted octanol–water partition coefficient (Wildman–Crippen LogP) is 0.0738. The molecule has 1 heterocycles. The van der Waals surface area contributed by atoms with Crippen molar-refractivity contribution in [2.24, 2.45) is 5.73 Å². The van der Waals surface area contributed by atoms with Gasteiger partial charge in [0.2, 0.25) is 0 Å². The molecule has 4 heteroatoms.